The van der Waals surface area contributed by atoms with Gasteiger partial charge >= 0.3 is 5.97 Å². The summed E-state index contributed by atoms with van der Waals surface area (Å²) in [6.45, 7) is 4.96. The first kappa shape index (κ1) is 22.5. The maximum absolute atomic E-state index is 13.5. The molecular weight excluding hydrogens is 420 g/mol. The molecule has 1 heterocycles. The first-order chi connectivity index (χ1) is 14.7. The van der Waals surface area contributed by atoms with E-state index in [0.29, 0.717) is 17.0 Å². The number of sulfonamides is 1. The molecule has 1 aliphatic rings. The van der Waals surface area contributed by atoms with E-state index < -0.39 is 27.9 Å². The van der Waals surface area contributed by atoms with Crippen LogP contribution in [0.4, 0.5) is 5.69 Å². The van der Waals surface area contributed by atoms with Crippen molar-refractivity contribution in [2.75, 3.05) is 25.7 Å². The normalized spacial score (nSPS) is 16.7. The number of carbonyl (C=O) groups is 2. The van der Waals surface area contributed by atoms with Gasteiger partial charge in [-0.05, 0) is 42.8 Å². The Morgan fingerprint density at radius 3 is 2.29 bits per heavy atom. The second-order valence-electron chi connectivity index (χ2n) is 7.09. The molecular formula is C22H24N2O6S. The molecule has 8 nitrogen and oxygen atoms in total. The standard InChI is InChI=1S/C22H24N2O6S/c1-15(2)21(25)23-14-20(22(26)30-4)24(13-16-7-5-6-8-19(16)23)31(27,28)18-11-9-17(29-3)10-12-18/h5-12,20H,1,13-14H2,2-4H3. The molecule has 0 aliphatic carbocycles. The molecule has 0 saturated carbocycles. The lowest BCUT2D eigenvalue weighted by molar-refractivity contribution is -0.144. The molecule has 0 saturated heterocycles. The molecule has 1 amide bonds. The highest BCUT2D eigenvalue weighted by molar-refractivity contribution is 7.89. The van der Waals surface area contributed by atoms with Gasteiger partial charge in [0, 0.05) is 17.8 Å². The number of esters is 1. The molecule has 0 fully saturated rings. The van der Waals surface area contributed by atoms with Crippen LogP contribution in [0.1, 0.15) is 12.5 Å². The van der Waals surface area contributed by atoms with Crippen molar-refractivity contribution < 1.29 is 27.5 Å². The predicted octanol–water partition coefficient (Wildman–Crippen LogP) is 2.35. The monoisotopic (exact) mass is 444 g/mol. The molecule has 2 aromatic rings. The highest BCUT2D eigenvalue weighted by Crippen LogP contribution is 2.32. The second kappa shape index (κ2) is 8.91. The van der Waals surface area contributed by atoms with Crippen LogP contribution in [0.15, 0.2) is 65.6 Å². The number of fused-ring (bicyclic) bond motifs is 1. The molecule has 164 valence electrons. The number of methoxy groups -OCH3 is 2. The van der Waals surface area contributed by atoms with Gasteiger partial charge in [0.2, 0.25) is 10.0 Å². The molecule has 0 aromatic heterocycles. The lowest BCUT2D eigenvalue weighted by Gasteiger charge is -2.29. The summed E-state index contributed by atoms with van der Waals surface area (Å²) in [6, 6.07) is 11.6. The maximum Gasteiger partial charge on any atom is 0.326 e. The zero-order valence-corrected chi connectivity index (χ0v) is 18.4. The van der Waals surface area contributed by atoms with Gasteiger partial charge in [-0.15, -0.1) is 0 Å². The molecule has 0 radical (unpaired) electrons. The third-order valence-corrected chi connectivity index (χ3v) is 6.93. The molecule has 1 atom stereocenters. The van der Waals surface area contributed by atoms with E-state index in [9.17, 15) is 18.0 Å². The summed E-state index contributed by atoms with van der Waals surface area (Å²) < 4.78 is 38.2. The third kappa shape index (κ3) is 4.33. The van der Waals surface area contributed by atoms with Gasteiger partial charge in [-0.3, -0.25) is 9.59 Å². The smallest absolute Gasteiger partial charge is 0.326 e. The molecule has 31 heavy (non-hydrogen) atoms. The van der Waals surface area contributed by atoms with Crippen molar-refractivity contribution in [1.29, 1.82) is 0 Å². The van der Waals surface area contributed by atoms with Crippen LogP contribution in [-0.2, 0) is 30.9 Å². The van der Waals surface area contributed by atoms with Gasteiger partial charge in [-0.1, -0.05) is 24.8 Å². The number of para-hydroxylation sites is 1. The minimum Gasteiger partial charge on any atom is -0.497 e. The Morgan fingerprint density at radius 1 is 1.06 bits per heavy atom. The van der Waals surface area contributed by atoms with E-state index >= 15 is 0 Å². The van der Waals surface area contributed by atoms with Crippen molar-refractivity contribution in [3.63, 3.8) is 0 Å². The summed E-state index contributed by atoms with van der Waals surface area (Å²) in [5.41, 5.74) is 1.38. The number of amides is 1. The summed E-state index contributed by atoms with van der Waals surface area (Å²) >= 11 is 0. The molecule has 1 aliphatic heterocycles. The number of hydrogen-bond donors (Lipinski definition) is 0. The lowest BCUT2D eigenvalue weighted by atomic mass is 10.1. The number of ether oxygens (including phenoxy) is 2. The number of rotatable bonds is 5. The predicted molar refractivity (Wildman–Crippen MR) is 115 cm³/mol. The van der Waals surface area contributed by atoms with Crippen LogP contribution < -0.4 is 9.64 Å². The Labute approximate surface area is 181 Å². The van der Waals surface area contributed by atoms with Crippen molar-refractivity contribution in [1.82, 2.24) is 4.31 Å². The highest BCUT2D eigenvalue weighted by atomic mass is 32.2. The Kier molecular flexibility index (Phi) is 6.47. The van der Waals surface area contributed by atoms with E-state index in [-0.39, 0.29) is 23.6 Å². The van der Waals surface area contributed by atoms with E-state index in [2.05, 4.69) is 6.58 Å². The second-order valence-corrected chi connectivity index (χ2v) is 8.98. The molecule has 0 bridgehead atoms. The van der Waals surface area contributed by atoms with Crippen LogP contribution in [0.2, 0.25) is 0 Å². The number of hydrogen-bond acceptors (Lipinski definition) is 6. The van der Waals surface area contributed by atoms with Crippen molar-refractivity contribution in [3.05, 3.63) is 66.2 Å². The van der Waals surface area contributed by atoms with Crippen molar-refractivity contribution in [3.8, 4) is 5.75 Å². The van der Waals surface area contributed by atoms with Crippen LogP contribution in [0.25, 0.3) is 0 Å². The lowest BCUT2D eigenvalue weighted by Crippen LogP contribution is -2.50. The first-order valence-corrected chi connectivity index (χ1v) is 10.9. The number of benzene rings is 2. The fraction of sp³-hybridized carbons (Fsp3) is 0.273. The summed E-state index contributed by atoms with van der Waals surface area (Å²) in [5.74, 6) is -0.655. The average molecular weight is 445 g/mol. The number of carbonyl (C=O) groups excluding carboxylic acids is 2. The Bertz CT molecular complexity index is 1110. The number of nitrogens with zero attached hydrogens (tertiary/aromatic N) is 2. The van der Waals surface area contributed by atoms with Gasteiger partial charge in [0.1, 0.15) is 11.8 Å². The van der Waals surface area contributed by atoms with Crippen LogP contribution in [-0.4, -0.2) is 51.4 Å². The molecule has 0 spiro atoms. The summed E-state index contributed by atoms with van der Waals surface area (Å²) in [5, 5.41) is 0. The van der Waals surface area contributed by atoms with E-state index in [1.807, 2.05) is 0 Å². The van der Waals surface area contributed by atoms with E-state index in [4.69, 9.17) is 9.47 Å². The molecule has 9 heteroatoms. The largest absolute Gasteiger partial charge is 0.497 e. The van der Waals surface area contributed by atoms with Gasteiger partial charge in [0.25, 0.3) is 5.91 Å². The van der Waals surface area contributed by atoms with Crippen LogP contribution >= 0.6 is 0 Å². The van der Waals surface area contributed by atoms with Crippen LogP contribution in [0.5, 0.6) is 5.75 Å². The maximum atomic E-state index is 13.5. The third-order valence-electron chi connectivity index (χ3n) is 5.06. The average Bonchev–Trinajstić information content (AvgIpc) is 2.95. The SMILES string of the molecule is C=C(C)C(=O)N1CC(C(=O)OC)N(S(=O)(=O)c2ccc(OC)cc2)Cc2ccccc21. The molecule has 3 rings (SSSR count). The van der Waals surface area contributed by atoms with Crippen LogP contribution in [0, 0.1) is 0 Å². The first-order valence-electron chi connectivity index (χ1n) is 9.49. The minimum atomic E-state index is -4.11. The molecule has 2 aromatic carbocycles. The van der Waals surface area contributed by atoms with Gasteiger partial charge in [-0.2, -0.15) is 4.31 Å². The van der Waals surface area contributed by atoms with Crippen molar-refractivity contribution in [2.24, 2.45) is 0 Å². The van der Waals surface area contributed by atoms with Gasteiger partial charge < -0.3 is 14.4 Å². The molecule has 0 N–H and O–H groups in total. The highest BCUT2D eigenvalue weighted by Gasteiger charge is 2.42. The zero-order chi connectivity index (χ0) is 22.8. The minimum absolute atomic E-state index is 0.000591. The fourth-order valence-corrected chi connectivity index (χ4v) is 4.98. The van der Waals surface area contributed by atoms with E-state index in [1.165, 1.54) is 43.4 Å². The number of anilines is 1. The molecule has 1 unspecified atom stereocenters. The van der Waals surface area contributed by atoms with Gasteiger partial charge in [0.15, 0.2) is 0 Å². The van der Waals surface area contributed by atoms with Crippen molar-refractivity contribution in [2.45, 2.75) is 24.4 Å². The van der Waals surface area contributed by atoms with E-state index in [0.717, 1.165) is 4.31 Å². The Hall–Kier alpha value is -3.17. The van der Waals surface area contributed by atoms with E-state index in [1.54, 1.807) is 31.2 Å². The Balaban J connectivity index is 2.15. The van der Waals surface area contributed by atoms with Gasteiger partial charge in [0.05, 0.1) is 25.7 Å². The summed E-state index contributed by atoms with van der Waals surface area (Å²) in [6.07, 6.45) is 0. The Morgan fingerprint density at radius 2 is 1.71 bits per heavy atom. The quantitative estimate of drug-likeness (QED) is 0.519. The summed E-state index contributed by atoms with van der Waals surface area (Å²) in [4.78, 5) is 26.9. The zero-order valence-electron chi connectivity index (χ0n) is 17.6. The van der Waals surface area contributed by atoms with Crippen LogP contribution in [0.3, 0.4) is 0 Å². The fourth-order valence-electron chi connectivity index (χ4n) is 3.43. The van der Waals surface area contributed by atoms with Crippen molar-refractivity contribution >= 4 is 27.6 Å². The van der Waals surface area contributed by atoms with Gasteiger partial charge in [-0.25, -0.2) is 8.42 Å². The summed E-state index contributed by atoms with van der Waals surface area (Å²) in [7, 11) is -1.44. The topological polar surface area (TPSA) is 93.2 Å².